The average Bonchev–Trinajstić information content (AvgIpc) is 3.22. The molecule has 1 aromatic heterocycles. The maximum absolute atomic E-state index is 13.0. The fraction of sp³-hybridized carbons (Fsp3) is 0.345. The van der Waals surface area contributed by atoms with Crippen molar-refractivity contribution in [2.45, 2.75) is 39.2 Å². The third kappa shape index (κ3) is 5.04. The number of carbonyl (C=O) groups is 1. The van der Waals surface area contributed by atoms with Gasteiger partial charge in [0.15, 0.2) is 0 Å². The van der Waals surface area contributed by atoms with E-state index in [1.54, 1.807) is 4.31 Å². The molecule has 1 amide bonds. The average molecular weight is 504 g/mol. The zero-order chi connectivity index (χ0) is 25.1. The molecule has 0 atom stereocenters. The highest BCUT2D eigenvalue weighted by molar-refractivity contribution is 7.89. The number of amides is 1. The van der Waals surface area contributed by atoms with Crippen molar-refractivity contribution in [3.63, 3.8) is 0 Å². The molecule has 4 aromatic rings. The Morgan fingerprint density at radius 1 is 0.917 bits per heavy atom. The molecule has 0 spiro atoms. The monoisotopic (exact) mass is 503 g/mol. The van der Waals surface area contributed by atoms with Crippen LogP contribution in [0.3, 0.4) is 0 Å². The number of para-hydroxylation sites is 1. The van der Waals surface area contributed by atoms with Gasteiger partial charge in [0.1, 0.15) is 0 Å². The van der Waals surface area contributed by atoms with Crippen LogP contribution in [0.15, 0.2) is 72.8 Å². The Balaban J connectivity index is 1.19. The number of rotatable bonds is 8. The van der Waals surface area contributed by atoms with Crippen molar-refractivity contribution in [1.29, 1.82) is 0 Å². The van der Waals surface area contributed by atoms with E-state index in [0.29, 0.717) is 32.4 Å². The summed E-state index contributed by atoms with van der Waals surface area (Å²) in [6.45, 7) is 3.81. The van der Waals surface area contributed by atoms with Gasteiger partial charge in [-0.25, -0.2) is 12.7 Å². The van der Waals surface area contributed by atoms with Crippen molar-refractivity contribution in [2.75, 3.05) is 24.2 Å². The molecular weight excluding hydrogens is 470 g/mol. The normalized spacial score (nSPS) is 15.5. The smallest absolute Gasteiger partial charge is 0.227 e. The van der Waals surface area contributed by atoms with Crippen LogP contribution < -0.4 is 5.32 Å². The summed E-state index contributed by atoms with van der Waals surface area (Å²) >= 11 is 0. The lowest BCUT2D eigenvalue weighted by Crippen LogP contribution is -2.42. The third-order valence-electron chi connectivity index (χ3n) is 7.28. The summed E-state index contributed by atoms with van der Waals surface area (Å²) in [7, 11) is -3.31. The molecule has 0 unspecified atom stereocenters. The van der Waals surface area contributed by atoms with E-state index in [1.807, 2.05) is 54.6 Å². The summed E-state index contributed by atoms with van der Waals surface area (Å²) in [5.41, 5.74) is 4.28. The van der Waals surface area contributed by atoms with E-state index in [9.17, 15) is 13.2 Å². The molecular formula is C29H33N3O3S. The maximum atomic E-state index is 13.0. The topological polar surface area (TPSA) is 71.4 Å². The largest absolute Gasteiger partial charge is 0.341 e. The Hall–Kier alpha value is -3.16. The number of aryl methyl sites for hydroxylation is 2. The summed E-state index contributed by atoms with van der Waals surface area (Å²) in [6, 6.07) is 24.4. The second-order valence-electron chi connectivity index (χ2n) is 9.56. The number of anilines is 1. The maximum Gasteiger partial charge on any atom is 0.227 e. The molecule has 2 heterocycles. The van der Waals surface area contributed by atoms with Gasteiger partial charge in [-0.05, 0) is 62.4 Å². The fourth-order valence-electron chi connectivity index (χ4n) is 5.35. The molecule has 0 radical (unpaired) electrons. The van der Waals surface area contributed by atoms with E-state index in [1.165, 1.54) is 10.9 Å². The molecule has 3 aromatic carbocycles. The number of carbonyl (C=O) groups excluding carboxylic acids is 1. The van der Waals surface area contributed by atoms with E-state index in [-0.39, 0.29) is 17.6 Å². The Morgan fingerprint density at radius 3 is 2.36 bits per heavy atom. The zero-order valence-electron chi connectivity index (χ0n) is 20.7. The number of hydrogen-bond acceptors (Lipinski definition) is 3. The van der Waals surface area contributed by atoms with Crippen LogP contribution in [0, 0.1) is 5.92 Å². The van der Waals surface area contributed by atoms with Gasteiger partial charge in [0.05, 0.1) is 5.75 Å². The Labute approximate surface area is 213 Å². The lowest BCUT2D eigenvalue weighted by atomic mass is 9.97. The predicted octanol–water partition coefficient (Wildman–Crippen LogP) is 5.43. The third-order valence-corrected chi connectivity index (χ3v) is 9.24. The highest BCUT2D eigenvalue weighted by atomic mass is 32.2. The minimum atomic E-state index is -3.31. The highest BCUT2D eigenvalue weighted by Crippen LogP contribution is 2.31. The number of fused-ring (bicyclic) bond motifs is 3. The quantitative estimate of drug-likeness (QED) is 0.349. The van der Waals surface area contributed by atoms with Crippen LogP contribution in [-0.4, -0.2) is 42.0 Å². The summed E-state index contributed by atoms with van der Waals surface area (Å²) in [5, 5.41) is 5.39. The summed E-state index contributed by atoms with van der Waals surface area (Å²) in [5.74, 6) is -0.0763. The number of piperidine rings is 1. The number of sulfonamides is 1. The van der Waals surface area contributed by atoms with E-state index in [2.05, 4.69) is 35.0 Å². The van der Waals surface area contributed by atoms with Crippen molar-refractivity contribution < 1.29 is 13.2 Å². The number of benzene rings is 3. The first kappa shape index (κ1) is 24.5. The van der Waals surface area contributed by atoms with Crippen LogP contribution in [0.4, 0.5) is 5.69 Å². The van der Waals surface area contributed by atoms with Crippen molar-refractivity contribution in [1.82, 2.24) is 8.87 Å². The van der Waals surface area contributed by atoms with Gasteiger partial charge >= 0.3 is 0 Å². The van der Waals surface area contributed by atoms with E-state index < -0.39 is 10.0 Å². The molecule has 36 heavy (non-hydrogen) atoms. The predicted molar refractivity (Wildman–Crippen MR) is 147 cm³/mol. The van der Waals surface area contributed by atoms with Gasteiger partial charge in [-0.1, -0.05) is 48.5 Å². The van der Waals surface area contributed by atoms with Crippen LogP contribution in [0.1, 0.15) is 31.7 Å². The second kappa shape index (κ2) is 10.4. The van der Waals surface area contributed by atoms with Crippen LogP contribution in [0.5, 0.6) is 0 Å². The standard InChI is InChI=1S/C29H33N3O3S/c1-2-32-27-13-7-6-12-25(27)26-21-24(14-15-28(26)32)30-29(33)23-16-18-31(19-17-23)36(34,35)20-8-11-22-9-4-3-5-10-22/h3-7,9-10,12-15,21,23H,2,8,11,16-20H2,1H3,(H,30,33). The first-order valence-corrected chi connectivity index (χ1v) is 14.4. The number of nitrogens with one attached hydrogen (secondary N) is 1. The molecule has 6 nitrogen and oxygen atoms in total. The summed E-state index contributed by atoms with van der Waals surface area (Å²) in [4.78, 5) is 13.0. The Bertz CT molecular complexity index is 1470. The van der Waals surface area contributed by atoms with Crippen molar-refractivity contribution in [3.05, 3.63) is 78.4 Å². The molecule has 1 N–H and O–H groups in total. The molecule has 5 rings (SSSR count). The van der Waals surface area contributed by atoms with Gasteiger partial charge in [0, 0.05) is 53.0 Å². The second-order valence-corrected chi connectivity index (χ2v) is 11.6. The Kier molecular flexibility index (Phi) is 7.12. The minimum Gasteiger partial charge on any atom is -0.341 e. The van der Waals surface area contributed by atoms with E-state index in [4.69, 9.17) is 0 Å². The molecule has 0 saturated carbocycles. The lowest BCUT2D eigenvalue weighted by Gasteiger charge is -2.30. The van der Waals surface area contributed by atoms with Gasteiger partial charge in [0.25, 0.3) is 0 Å². The molecule has 0 aliphatic carbocycles. The van der Waals surface area contributed by atoms with Gasteiger partial charge < -0.3 is 9.88 Å². The van der Waals surface area contributed by atoms with Crippen molar-refractivity contribution in [2.24, 2.45) is 5.92 Å². The fourth-order valence-corrected chi connectivity index (χ4v) is 6.88. The molecule has 1 saturated heterocycles. The SMILES string of the molecule is CCn1c2ccccc2c2cc(NC(=O)C3CCN(S(=O)(=O)CCCc4ccccc4)CC3)ccc21. The summed E-state index contributed by atoms with van der Waals surface area (Å²) in [6.07, 6.45) is 2.44. The Morgan fingerprint density at radius 2 is 1.61 bits per heavy atom. The lowest BCUT2D eigenvalue weighted by molar-refractivity contribution is -0.120. The zero-order valence-corrected chi connectivity index (χ0v) is 21.5. The summed E-state index contributed by atoms with van der Waals surface area (Å²) < 4.78 is 29.5. The first-order chi connectivity index (χ1) is 17.5. The van der Waals surface area contributed by atoms with Crippen LogP contribution >= 0.6 is 0 Å². The van der Waals surface area contributed by atoms with Crippen LogP contribution in [0.25, 0.3) is 21.8 Å². The molecule has 1 aliphatic heterocycles. The highest BCUT2D eigenvalue weighted by Gasteiger charge is 2.31. The van der Waals surface area contributed by atoms with Crippen molar-refractivity contribution >= 4 is 43.4 Å². The molecule has 7 heteroatoms. The number of aromatic nitrogens is 1. The molecule has 0 bridgehead atoms. The van der Waals surface area contributed by atoms with Gasteiger partial charge in [-0.3, -0.25) is 4.79 Å². The first-order valence-electron chi connectivity index (χ1n) is 12.8. The van der Waals surface area contributed by atoms with Gasteiger partial charge in [-0.15, -0.1) is 0 Å². The molecule has 1 fully saturated rings. The number of nitrogens with zero attached hydrogens (tertiary/aromatic N) is 2. The molecule has 188 valence electrons. The van der Waals surface area contributed by atoms with Crippen LogP contribution in [0.2, 0.25) is 0 Å². The van der Waals surface area contributed by atoms with Gasteiger partial charge in [-0.2, -0.15) is 0 Å². The van der Waals surface area contributed by atoms with E-state index in [0.717, 1.165) is 35.1 Å². The van der Waals surface area contributed by atoms with Crippen LogP contribution in [-0.2, 0) is 27.8 Å². The van der Waals surface area contributed by atoms with Gasteiger partial charge in [0.2, 0.25) is 15.9 Å². The van der Waals surface area contributed by atoms with E-state index >= 15 is 0 Å². The van der Waals surface area contributed by atoms with Crippen molar-refractivity contribution in [3.8, 4) is 0 Å². The number of hydrogen-bond donors (Lipinski definition) is 1. The molecule has 1 aliphatic rings. The minimum absolute atomic E-state index is 0.0327.